The van der Waals surface area contributed by atoms with Crippen LogP contribution in [-0.2, 0) is 11.2 Å². The van der Waals surface area contributed by atoms with Crippen molar-refractivity contribution in [1.82, 2.24) is 10.3 Å². The van der Waals surface area contributed by atoms with E-state index >= 15 is 0 Å². The summed E-state index contributed by atoms with van der Waals surface area (Å²) < 4.78 is 7.01. The van der Waals surface area contributed by atoms with Crippen LogP contribution in [0.2, 0.25) is 0 Å². The average Bonchev–Trinajstić information content (AvgIpc) is 3.14. The standard InChI is InChI=1S/C23H19Br2N3O2/c1-2-9-30-22-19(24)11-15(12-20(22)25)10-17(13-26)23(29)27-8-7-16-14-28-21-6-4-3-5-18(16)21/h2-6,10-12,14,28H,1,7-9H2,(H,27,29)/b17-10+. The molecule has 0 aliphatic rings. The third kappa shape index (κ3) is 5.21. The summed E-state index contributed by atoms with van der Waals surface area (Å²) in [6, 6.07) is 13.6. The van der Waals surface area contributed by atoms with E-state index in [1.54, 1.807) is 24.3 Å². The Morgan fingerprint density at radius 3 is 2.70 bits per heavy atom. The highest BCUT2D eigenvalue weighted by Crippen LogP contribution is 2.35. The number of nitrogens with one attached hydrogen (secondary N) is 2. The van der Waals surface area contributed by atoms with Crippen molar-refractivity contribution in [2.75, 3.05) is 13.2 Å². The molecule has 1 aromatic heterocycles. The second-order valence-electron chi connectivity index (χ2n) is 6.45. The Labute approximate surface area is 191 Å². The molecule has 1 amide bonds. The number of aromatic nitrogens is 1. The maximum Gasteiger partial charge on any atom is 0.261 e. The number of carbonyl (C=O) groups excluding carboxylic acids is 1. The van der Waals surface area contributed by atoms with Gasteiger partial charge in [0.1, 0.15) is 24.0 Å². The second-order valence-corrected chi connectivity index (χ2v) is 8.16. The van der Waals surface area contributed by atoms with Crippen LogP contribution >= 0.6 is 31.9 Å². The third-order valence-corrected chi connectivity index (χ3v) is 5.58. The number of para-hydroxylation sites is 1. The van der Waals surface area contributed by atoms with Gasteiger partial charge in [-0.15, -0.1) is 0 Å². The van der Waals surface area contributed by atoms with E-state index in [1.807, 2.05) is 36.5 Å². The molecule has 0 radical (unpaired) electrons. The van der Waals surface area contributed by atoms with Crippen LogP contribution in [-0.4, -0.2) is 24.0 Å². The van der Waals surface area contributed by atoms with Crippen molar-refractivity contribution in [2.45, 2.75) is 6.42 Å². The normalized spacial score (nSPS) is 11.2. The lowest BCUT2D eigenvalue weighted by Gasteiger charge is -2.10. The van der Waals surface area contributed by atoms with Crippen LogP contribution in [0, 0.1) is 11.3 Å². The predicted octanol–water partition coefficient (Wildman–Crippen LogP) is 5.52. The predicted molar refractivity (Wildman–Crippen MR) is 126 cm³/mol. The van der Waals surface area contributed by atoms with Gasteiger partial charge in [0.25, 0.3) is 5.91 Å². The first-order valence-electron chi connectivity index (χ1n) is 9.21. The zero-order valence-electron chi connectivity index (χ0n) is 16.0. The highest BCUT2D eigenvalue weighted by molar-refractivity contribution is 9.11. The molecule has 3 rings (SSSR count). The lowest BCUT2D eigenvalue weighted by Crippen LogP contribution is -2.26. The number of nitriles is 1. The van der Waals surface area contributed by atoms with Crippen molar-refractivity contribution in [3.63, 3.8) is 0 Å². The fourth-order valence-electron chi connectivity index (χ4n) is 3.00. The van der Waals surface area contributed by atoms with Crippen LogP contribution in [0.25, 0.3) is 17.0 Å². The lowest BCUT2D eigenvalue weighted by molar-refractivity contribution is -0.117. The van der Waals surface area contributed by atoms with E-state index in [4.69, 9.17) is 4.74 Å². The molecule has 5 nitrogen and oxygen atoms in total. The first kappa shape index (κ1) is 21.9. The van der Waals surface area contributed by atoms with Crippen LogP contribution in [0.15, 0.2) is 69.8 Å². The number of H-pyrrole nitrogens is 1. The molecule has 0 unspecified atom stereocenters. The Morgan fingerprint density at radius 1 is 1.27 bits per heavy atom. The largest absolute Gasteiger partial charge is 0.487 e. The molecule has 0 aliphatic carbocycles. The second kappa shape index (κ2) is 10.3. The van der Waals surface area contributed by atoms with Crippen LogP contribution in [0.1, 0.15) is 11.1 Å². The molecule has 1 heterocycles. The summed E-state index contributed by atoms with van der Waals surface area (Å²) in [5.74, 6) is 0.227. The Hall–Kier alpha value is -2.82. The van der Waals surface area contributed by atoms with Gasteiger partial charge in [0.2, 0.25) is 0 Å². The van der Waals surface area contributed by atoms with Crippen molar-refractivity contribution < 1.29 is 9.53 Å². The Morgan fingerprint density at radius 2 is 2.00 bits per heavy atom. The number of nitrogens with zero attached hydrogens (tertiary/aromatic N) is 1. The molecule has 2 aromatic carbocycles. The molecule has 0 atom stereocenters. The zero-order valence-corrected chi connectivity index (χ0v) is 19.2. The van der Waals surface area contributed by atoms with Crippen LogP contribution < -0.4 is 10.1 Å². The molecule has 0 aliphatic heterocycles. The van der Waals surface area contributed by atoms with Crippen LogP contribution in [0.3, 0.4) is 0 Å². The van der Waals surface area contributed by atoms with E-state index in [9.17, 15) is 10.1 Å². The highest BCUT2D eigenvalue weighted by atomic mass is 79.9. The van der Waals surface area contributed by atoms with E-state index in [-0.39, 0.29) is 5.57 Å². The van der Waals surface area contributed by atoms with E-state index < -0.39 is 5.91 Å². The number of amides is 1. The molecule has 30 heavy (non-hydrogen) atoms. The van der Waals surface area contributed by atoms with Gasteiger partial charge in [-0.05, 0) is 73.7 Å². The number of halogens is 2. The van der Waals surface area contributed by atoms with Gasteiger partial charge in [-0.1, -0.05) is 30.9 Å². The van der Waals surface area contributed by atoms with Crippen molar-refractivity contribution in [2.24, 2.45) is 0 Å². The molecule has 0 spiro atoms. The molecule has 0 bridgehead atoms. The molecule has 0 saturated heterocycles. The average molecular weight is 529 g/mol. The maximum absolute atomic E-state index is 12.5. The fourth-order valence-corrected chi connectivity index (χ4v) is 4.45. The summed E-state index contributed by atoms with van der Waals surface area (Å²) in [5, 5.41) is 13.4. The number of benzene rings is 2. The summed E-state index contributed by atoms with van der Waals surface area (Å²) >= 11 is 6.91. The Kier molecular flexibility index (Phi) is 7.50. The molecule has 0 saturated carbocycles. The van der Waals surface area contributed by atoms with E-state index in [2.05, 4.69) is 48.7 Å². The molecule has 0 fully saturated rings. The monoisotopic (exact) mass is 527 g/mol. The minimum Gasteiger partial charge on any atom is -0.487 e. The van der Waals surface area contributed by atoms with Gasteiger partial charge in [-0.25, -0.2) is 0 Å². The highest BCUT2D eigenvalue weighted by Gasteiger charge is 2.12. The Bertz CT molecular complexity index is 1140. The Balaban J connectivity index is 1.67. The number of aromatic amines is 1. The first-order chi connectivity index (χ1) is 14.5. The molecular formula is C23H19Br2N3O2. The van der Waals surface area contributed by atoms with Gasteiger partial charge in [-0.3, -0.25) is 4.79 Å². The third-order valence-electron chi connectivity index (χ3n) is 4.40. The number of hydrogen-bond acceptors (Lipinski definition) is 3. The lowest BCUT2D eigenvalue weighted by atomic mass is 10.1. The summed E-state index contributed by atoms with van der Waals surface area (Å²) in [7, 11) is 0. The summed E-state index contributed by atoms with van der Waals surface area (Å²) in [6.07, 6.45) is 5.82. The van der Waals surface area contributed by atoms with Gasteiger partial charge < -0.3 is 15.0 Å². The van der Waals surface area contributed by atoms with E-state index in [0.29, 0.717) is 39.8 Å². The minimum atomic E-state index is -0.406. The number of fused-ring (bicyclic) bond motifs is 1. The minimum absolute atomic E-state index is 0.0347. The number of rotatable bonds is 8. The summed E-state index contributed by atoms with van der Waals surface area (Å²) in [4.78, 5) is 15.7. The quantitative estimate of drug-likeness (QED) is 0.229. The zero-order chi connectivity index (χ0) is 21.5. The van der Waals surface area contributed by atoms with Gasteiger partial charge in [-0.2, -0.15) is 5.26 Å². The van der Waals surface area contributed by atoms with E-state index in [1.165, 1.54) is 0 Å². The molecular weight excluding hydrogens is 510 g/mol. The SMILES string of the molecule is C=CCOc1c(Br)cc(/C=C(\C#N)C(=O)NCCc2c[nH]c3ccccc23)cc1Br. The van der Waals surface area contributed by atoms with Crippen LogP contribution in [0.4, 0.5) is 0 Å². The van der Waals surface area contributed by atoms with Gasteiger partial charge >= 0.3 is 0 Å². The number of ether oxygens (including phenoxy) is 1. The van der Waals surface area contributed by atoms with Crippen molar-refractivity contribution in [3.05, 3.63) is 80.9 Å². The number of hydrogen-bond donors (Lipinski definition) is 2. The van der Waals surface area contributed by atoms with Gasteiger partial charge in [0.05, 0.1) is 8.95 Å². The van der Waals surface area contributed by atoms with Crippen molar-refractivity contribution in [3.8, 4) is 11.8 Å². The molecule has 7 heteroatoms. The molecule has 2 N–H and O–H groups in total. The van der Waals surface area contributed by atoms with Gasteiger partial charge in [0.15, 0.2) is 0 Å². The maximum atomic E-state index is 12.5. The number of carbonyl (C=O) groups is 1. The fraction of sp³-hybridized carbons (Fsp3) is 0.130. The van der Waals surface area contributed by atoms with E-state index in [0.717, 1.165) is 16.5 Å². The van der Waals surface area contributed by atoms with Crippen molar-refractivity contribution in [1.29, 1.82) is 5.26 Å². The molecule has 3 aromatic rings. The van der Waals surface area contributed by atoms with Gasteiger partial charge in [0, 0.05) is 23.6 Å². The van der Waals surface area contributed by atoms with Crippen LogP contribution in [0.5, 0.6) is 5.75 Å². The first-order valence-corrected chi connectivity index (χ1v) is 10.8. The topological polar surface area (TPSA) is 77.9 Å². The summed E-state index contributed by atoms with van der Waals surface area (Å²) in [5.41, 5.74) is 2.92. The van der Waals surface area contributed by atoms with Crippen molar-refractivity contribution >= 4 is 54.7 Å². The summed E-state index contributed by atoms with van der Waals surface area (Å²) in [6.45, 7) is 4.43. The molecule has 152 valence electrons. The smallest absolute Gasteiger partial charge is 0.261 e.